The molecule has 6 nitrogen and oxygen atoms in total. The SMILES string of the molecule is COc1ccc(CN(Cc2cccnc2)C(=O)c2ccncc2)cc1OC. The molecule has 0 spiro atoms. The van der Waals surface area contributed by atoms with E-state index in [4.69, 9.17) is 9.47 Å². The van der Waals surface area contributed by atoms with E-state index in [-0.39, 0.29) is 5.91 Å². The number of methoxy groups -OCH3 is 2. The summed E-state index contributed by atoms with van der Waals surface area (Å²) in [5.74, 6) is 1.21. The summed E-state index contributed by atoms with van der Waals surface area (Å²) in [5.41, 5.74) is 2.49. The Morgan fingerprint density at radius 3 is 2.30 bits per heavy atom. The first-order chi connectivity index (χ1) is 13.2. The Kier molecular flexibility index (Phi) is 5.99. The van der Waals surface area contributed by atoms with Crippen LogP contribution in [0.25, 0.3) is 0 Å². The fourth-order valence-corrected chi connectivity index (χ4v) is 2.79. The van der Waals surface area contributed by atoms with E-state index < -0.39 is 0 Å². The Morgan fingerprint density at radius 1 is 0.889 bits per heavy atom. The maximum atomic E-state index is 13.1. The minimum atomic E-state index is -0.0731. The lowest BCUT2D eigenvalue weighted by molar-refractivity contribution is 0.0729. The second-order valence-corrected chi connectivity index (χ2v) is 5.95. The van der Waals surface area contributed by atoms with Gasteiger partial charge in [-0.1, -0.05) is 12.1 Å². The summed E-state index contributed by atoms with van der Waals surface area (Å²) in [6.45, 7) is 0.875. The molecule has 6 heteroatoms. The van der Waals surface area contributed by atoms with Gasteiger partial charge in [0.2, 0.25) is 0 Å². The molecule has 0 bridgehead atoms. The van der Waals surface area contributed by atoms with Crippen LogP contribution < -0.4 is 9.47 Å². The number of pyridine rings is 2. The first-order valence-electron chi connectivity index (χ1n) is 8.50. The van der Waals surface area contributed by atoms with Crippen molar-refractivity contribution in [1.29, 1.82) is 0 Å². The van der Waals surface area contributed by atoms with Gasteiger partial charge in [-0.05, 0) is 41.5 Å². The van der Waals surface area contributed by atoms with E-state index >= 15 is 0 Å². The quantitative estimate of drug-likeness (QED) is 0.644. The average molecular weight is 363 g/mol. The van der Waals surface area contributed by atoms with Crippen molar-refractivity contribution in [2.45, 2.75) is 13.1 Å². The number of aromatic nitrogens is 2. The van der Waals surface area contributed by atoms with Crippen molar-refractivity contribution in [2.75, 3.05) is 14.2 Å². The van der Waals surface area contributed by atoms with Gasteiger partial charge in [0.1, 0.15) is 0 Å². The fraction of sp³-hybridized carbons (Fsp3) is 0.190. The Morgan fingerprint density at radius 2 is 1.63 bits per heavy atom. The number of hydrogen-bond acceptors (Lipinski definition) is 5. The lowest BCUT2D eigenvalue weighted by Crippen LogP contribution is -2.30. The van der Waals surface area contributed by atoms with E-state index in [0.717, 1.165) is 11.1 Å². The summed E-state index contributed by atoms with van der Waals surface area (Å²) in [7, 11) is 3.19. The number of rotatable bonds is 7. The van der Waals surface area contributed by atoms with Gasteiger partial charge < -0.3 is 14.4 Å². The molecular formula is C21H21N3O3. The number of nitrogens with zero attached hydrogens (tertiary/aromatic N) is 3. The predicted octanol–water partition coefficient (Wildman–Crippen LogP) is 3.34. The number of benzene rings is 1. The van der Waals surface area contributed by atoms with Crippen molar-refractivity contribution >= 4 is 5.91 Å². The molecule has 3 rings (SSSR count). The van der Waals surface area contributed by atoms with E-state index in [1.54, 1.807) is 56.0 Å². The van der Waals surface area contributed by atoms with Crippen LogP contribution in [0, 0.1) is 0 Å². The van der Waals surface area contributed by atoms with E-state index in [0.29, 0.717) is 30.2 Å². The van der Waals surface area contributed by atoms with E-state index in [2.05, 4.69) is 9.97 Å². The van der Waals surface area contributed by atoms with Crippen LogP contribution in [0.4, 0.5) is 0 Å². The van der Waals surface area contributed by atoms with E-state index in [1.165, 1.54) is 0 Å². The lowest BCUT2D eigenvalue weighted by Gasteiger charge is -2.23. The molecule has 27 heavy (non-hydrogen) atoms. The van der Waals surface area contributed by atoms with Crippen LogP contribution in [0.1, 0.15) is 21.5 Å². The summed E-state index contributed by atoms with van der Waals surface area (Å²) in [6, 6.07) is 12.9. The van der Waals surface area contributed by atoms with Crippen molar-refractivity contribution in [3.63, 3.8) is 0 Å². The van der Waals surface area contributed by atoms with Gasteiger partial charge in [0.15, 0.2) is 11.5 Å². The molecule has 0 aliphatic heterocycles. The summed E-state index contributed by atoms with van der Waals surface area (Å²) in [5, 5.41) is 0. The second-order valence-electron chi connectivity index (χ2n) is 5.95. The van der Waals surface area contributed by atoms with Crippen LogP contribution in [-0.2, 0) is 13.1 Å². The third-order valence-corrected chi connectivity index (χ3v) is 4.13. The molecule has 0 fully saturated rings. The van der Waals surface area contributed by atoms with Gasteiger partial charge >= 0.3 is 0 Å². The molecule has 0 radical (unpaired) electrons. The topological polar surface area (TPSA) is 64.5 Å². The van der Waals surface area contributed by atoms with Crippen LogP contribution in [0.5, 0.6) is 11.5 Å². The van der Waals surface area contributed by atoms with Crippen LogP contribution in [0.3, 0.4) is 0 Å². The van der Waals surface area contributed by atoms with Gasteiger partial charge in [-0.3, -0.25) is 14.8 Å². The van der Waals surface area contributed by atoms with Gasteiger partial charge in [0.25, 0.3) is 5.91 Å². The van der Waals surface area contributed by atoms with Crippen molar-refractivity contribution in [3.05, 3.63) is 83.9 Å². The summed E-state index contributed by atoms with van der Waals surface area (Å²) in [4.78, 5) is 23.0. The number of hydrogen-bond donors (Lipinski definition) is 0. The number of ether oxygens (including phenoxy) is 2. The number of carbonyl (C=O) groups is 1. The molecule has 0 atom stereocenters. The minimum absolute atomic E-state index is 0.0731. The van der Waals surface area contributed by atoms with Crippen molar-refractivity contribution < 1.29 is 14.3 Å². The average Bonchev–Trinajstić information content (AvgIpc) is 2.74. The highest BCUT2D eigenvalue weighted by Gasteiger charge is 2.18. The third kappa shape index (κ3) is 4.61. The summed E-state index contributed by atoms with van der Waals surface area (Å²) in [6.07, 6.45) is 6.71. The highest BCUT2D eigenvalue weighted by Crippen LogP contribution is 2.28. The normalized spacial score (nSPS) is 10.3. The van der Waals surface area contributed by atoms with Crippen LogP contribution >= 0.6 is 0 Å². The fourth-order valence-electron chi connectivity index (χ4n) is 2.79. The Balaban J connectivity index is 1.88. The highest BCUT2D eigenvalue weighted by molar-refractivity contribution is 5.94. The molecular weight excluding hydrogens is 342 g/mol. The molecule has 2 aromatic heterocycles. The molecule has 1 aromatic carbocycles. The first-order valence-corrected chi connectivity index (χ1v) is 8.50. The van der Waals surface area contributed by atoms with Crippen LogP contribution in [0.15, 0.2) is 67.3 Å². The van der Waals surface area contributed by atoms with Gasteiger partial charge in [-0.25, -0.2) is 0 Å². The molecule has 1 amide bonds. The number of amides is 1. The Hall–Kier alpha value is -3.41. The van der Waals surface area contributed by atoms with Gasteiger partial charge in [-0.15, -0.1) is 0 Å². The molecule has 0 N–H and O–H groups in total. The Labute approximate surface area is 158 Å². The van der Waals surface area contributed by atoms with Crippen molar-refractivity contribution in [2.24, 2.45) is 0 Å². The predicted molar refractivity (Wildman–Crippen MR) is 102 cm³/mol. The maximum Gasteiger partial charge on any atom is 0.254 e. The largest absolute Gasteiger partial charge is 0.493 e. The van der Waals surface area contributed by atoms with E-state index in [9.17, 15) is 4.79 Å². The molecule has 0 saturated carbocycles. The first kappa shape index (κ1) is 18.4. The van der Waals surface area contributed by atoms with Crippen molar-refractivity contribution in [1.82, 2.24) is 14.9 Å². The van der Waals surface area contributed by atoms with Gasteiger partial charge in [0, 0.05) is 43.4 Å². The zero-order chi connectivity index (χ0) is 19.1. The molecule has 138 valence electrons. The van der Waals surface area contributed by atoms with Crippen molar-refractivity contribution in [3.8, 4) is 11.5 Å². The molecule has 0 saturated heterocycles. The van der Waals surface area contributed by atoms with Crippen LogP contribution in [0.2, 0.25) is 0 Å². The molecule has 0 aliphatic carbocycles. The zero-order valence-corrected chi connectivity index (χ0v) is 15.3. The van der Waals surface area contributed by atoms with Crippen LogP contribution in [-0.4, -0.2) is 35.0 Å². The summed E-state index contributed by atoms with van der Waals surface area (Å²) >= 11 is 0. The monoisotopic (exact) mass is 363 g/mol. The minimum Gasteiger partial charge on any atom is -0.493 e. The van der Waals surface area contributed by atoms with Gasteiger partial charge in [-0.2, -0.15) is 0 Å². The molecule has 3 aromatic rings. The third-order valence-electron chi connectivity index (χ3n) is 4.13. The number of carbonyl (C=O) groups excluding carboxylic acids is 1. The smallest absolute Gasteiger partial charge is 0.254 e. The molecule has 0 unspecified atom stereocenters. The lowest BCUT2D eigenvalue weighted by atomic mass is 10.1. The van der Waals surface area contributed by atoms with Gasteiger partial charge in [0.05, 0.1) is 14.2 Å². The standard InChI is InChI=1S/C21H21N3O3/c1-26-19-6-5-16(12-20(19)27-2)14-24(15-17-4-3-9-23-13-17)21(25)18-7-10-22-11-8-18/h3-13H,14-15H2,1-2H3. The second kappa shape index (κ2) is 8.80. The molecule has 0 aliphatic rings. The maximum absolute atomic E-state index is 13.1. The Bertz CT molecular complexity index is 886. The zero-order valence-electron chi connectivity index (χ0n) is 15.3. The van der Waals surface area contributed by atoms with E-state index in [1.807, 2.05) is 30.3 Å². The summed E-state index contributed by atoms with van der Waals surface area (Å²) < 4.78 is 10.7. The highest BCUT2D eigenvalue weighted by atomic mass is 16.5. The molecule has 2 heterocycles.